The molecule has 0 aliphatic heterocycles. The molecular weight excluding hydrogens is 585 g/mol. The van der Waals surface area contributed by atoms with Gasteiger partial charge in [-0.2, -0.15) is 0 Å². The molecule has 2 amide bonds. The molecule has 1 aliphatic carbocycles. The van der Waals surface area contributed by atoms with E-state index in [1.165, 1.54) is 24.1 Å². The summed E-state index contributed by atoms with van der Waals surface area (Å²) in [6, 6.07) is 18.5. The molecular formula is C30H33Cl2N3O5S. The Hall–Kier alpha value is -3.27. The lowest BCUT2D eigenvalue weighted by Gasteiger charge is -2.33. The zero-order valence-electron chi connectivity index (χ0n) is 22.9. The minimum atomic E-state index is -4.20. The fourth-order valence-corrected chi connectivity index (χ4v) is 6.79. The van der Waals surface area contributed by atoms with Crippen LogP contribution in [-0.4, -0.2) is 50.9 Å². The van der Waals surface area contributed by atoms with Crippen LogP contribution in [0.3, 0.4) is 0 Å². The largest absolute Gasteiger partial charge is 0.495 e. The van der Waals surface area contributed by atoms with E-state index in [1.54, 1.807) is 67.6 Å². The van der Waals surface area contributed by atoms with Gasteiger partial charge in [-0.05, 0) is 61.7 Å². The Morgan fingerprint density at radius 3 is 2.32 bits per heavy atom. The lowest BCUT2D eigenvalue weighted by Crippen LogP contribution is -2.52. The van der Waals surface area contributed by atoms with Crippen LogP contribution < -0.4 is 14.4 Å². The van der Waals surface area contributed by atoms with Crippen LogP contribution in [0, 0.1) is 0 Å². The smallest absolute Gasteiger partial charge is 0.264 e. The van der Waals surface area contributed by atoms with Gasteiger partial charge in [0.05, 0.1) is 17.7 Å². The number of nitrogens with one attached hydrogen (secondary N) is 1. The third kappa shape index (κ3) is 7.33. The molecule has 1 saturated carbocycles. The quantitative estimate of drug-likeness (QED) is 0.299. The highest BCUT2D eigenvalue weighted by Crippen LogP contribution is 2.33. The van der Waals surface area contributed by atoms with E-state index in [0.717, 1.165) is 30.0 Å². The van der Waals surface area contributed by atoms with Gasteiger partial charge >= 0.3 is 0 Å². The fraction of sp³-hybridized carbons (Fsp3) is 0.333. The first-order valence-corrected chi connectivity index (χ1v) is 15.6. The maximum Gasteiger partial charge on any atom is 0.264 e. The van der Waals surface area contributed by atoms with Crippen LogP contribution in [0.1, 0.15) is 38.2 Å². The maximum atomic E-state index is 14.1. The van der Waals surface area contributed by atoms with E-state index in [1.807, 2.05) is 0 Å². The number of carbonyl (C=O) groups is 2. The summed E-state index contributed by atoms with van der Waals surface area (Å²) < 4.78 is 34.3. The highest BCUT2D eigenvalue weighted by atomic mass is 35.5. The number of sulfonamides is 1. The van der Waals surface area contributed by atoms with Crippen molar-refractivity contribution in [1.82, 2.24) is 10.2 Å². The second-order valence-electron chi connectivity index (χ2n) is 9.92. The van der Waals surface area contributed by atoms with Crippen LogP contribution in [0.5, 0.6) is 5.75 Å². The summed E-state index contributed by atoms with van der Waals surface area (Å²) in [5, 5.41) is 3.81. The number of amides is 2. The van der Waals surface area contributed by atoms with Crippen LogP contribution >= 0.6 is 23.2 Å². The minimum Gasteiger partial charge on any atom is -0.495 e. The van der Waals surface area contributed by atoms with Crippen molar-refractivity contribution >= 4 is 50.7 Å². The van der Waals surface area contributed by atoms with Crippen LogP contribution in [0.2, 0.25) is 10.0 Å². The summed E-state index contributed by atoms with van der Waals surface area (Å²) in [6.45, 7) is 1.02. The summed E-state index contributed by atoms with van der Waals surface area (Å²) in [4.78, 5) is 28.8. The Morgan fingerprint density at radius 1 is 1.00 bits per heavy atom. The molecule has 11 heteroatoms. The van der Waals surface area contributed by atoms with Crippen molar-refractivity contribution in [2.45, 2.75) is 56.1 Å². The summed E-state index contributed by atoms with van der Waals surface area (Å²) in [6.07, 6.45) is 3.83. The first kappa shape index (κ1) is 30.7. The van der Waals surface area contributed by atoms with Gasteiger partial charge in [-0.1, -0.05) is 72.4 Å². The number of hydrogen-bond acceptors (Lipinski definition) is 5. The van der Waals surface area contributed by atoms with E-state index in [2.05, 4.69) is 5.32 Å². The van der Waals surface area contributed by atoms with Crippen LogP contribution in [0.25, 0.3) is 0 Å². The van der Waals surface area contributed by atoms with Crippen molar-refractivity contribution < 1.29 is 22.7 Å². The van der Waals surface area contributed by atoms with Crippen molar-refractivity contribution in [3.8, 4) is 5.75 Å². The van der Waals surface area contributed by atoms with Gasteiger partial charge in [-0.3, -0.25) is 13.9 Å². The monoisotopic (exact) mass is 617 g/mol. The van der Waals surface area contributed by atoms with Crippen LogP contribution in [0.4, 0.5) is 5.69 Å². The van der Waals surface area contributed by atoms with Gasteiger partial charge in [0, 0.05) is 22.6 Å². The van der Waals surface area contributed by atoms with Crippen molar-refractivity contribution in [3.63, 3.8) is 0 Å². The van der Waals surface area contributed by atoms with E-state index >= 15 is 0 Å². The van der Waals surface area contributed by atoms with Crippen LogP contribution in [0.15, 0.2) is 77.7 Å². The topological polar surface area (TPSA) is 96.0 Å². The van der Waals surface area contributed by atoms with Gasteiger partial charge in [-0.25, -0.2) is 8.42 Å². The number of para-hydroxylation sites is 2. The molecule has 1 aliphatic rings. The number of carbonyl (C=O) groups excluding carboxylic acids is 2. The summed E-state index contributed by atoms with van der Waals surface area (Å²) in [5.41, 5.74) is 0.763. The molecule has 0 aromatic heterocycles. The molecule has 4 rings (SSSR count). The lowest BCUT2D eigenvalue weighted by atomic mass is 10.1. The number of anilines is 1. The molecule has 41 heavy (non-hydrogen) atoms. The summed E-state index contributed by atoms with van der Waals surface area (Å²) in [7, 11) is -2.78. The normalized spacial score (nSPS) is 14.3. The highest BCUT2D eigenvalue weighted by molar-refractivity contribution is 7.92. The van der Waals surface area contributed by atoms with Gasteiger partial charge < -0.3 is 15.0 Å². The average Bonchev–Trinajstić information content (AvgIpc) is 3.48. The number of methoxy groups -OCH3 is 1. The number of nitrogens with zero attached hydrogens (tertiary/aromatic N) is 2. The molecule has 0 heterocycles. The number of hydrogen-bond donors (Lipinski definition) is 1. The van der Waals surface area contributed by atoms with Crippen LogP contribution in [-0.2, 0) is 26.2 Å². The van der Waals surface area contributed by atoms with E-state index in [4.69, 9.17) is 27.9 Å². The maximum absolute atomic E-state index is 14.1. The number of ether oxygens (including phenoxy) is 1. The number of halogens is 2. The lowest BCUT2D eigenvalue weighted by molar-refractivity contribution is -0.139. The first-order valence-electron chi connectivity index (χ1n) is 13.4. The summed E-state index contributed by atoms with van der Waals surface area (Å²) in [5.74, 6) is -0.625. The van der Waals surface area contributed by atoms with Crippen molar-refractivity contribution in [2.75, 3.05) is 18.0 Å². The zero-order valence-corrected chi connectivity index (χ0v) is 25.3. The van der Waals surface area contributed by atoms with E-state index in [0.29, 0.717) is 15.6 Å². The predicted molar refractivity (Wildman–Crippen MR) is 161 cm³/mol. The molecule has 0 unspecified atom stereocenters. The third-order valence-corrected chi connectivity index (χ3v) is 9.55. The minimum absolute atomic E-state index is 0.0121. The van der Waals surface area contributed by atoms with Crippen molar-refractivity contribution in [2.24, 2.45) is 0 Å². The van der Waals surface area contributed by atoms with Crippen molar-refractivity contribution in [3.05, 3.63) is 88.4 Å². The van der Waals surface area contributed by atoms with E-state index in [9.17, 15) is 18.0 Å². The van der Waals surface area contributed by atoms with E-state index in [-0.39, 0.29) is 34.8 Å². The first-order chi connectivity index (χ1) is 19.6. The Morgan fingerprint density at radius 2 is 1.66 bits per heavy atom. The average molecular weight is 619 g/mol. The Balaban J connectivity index is 1.72. The molecule has 1 atom stereocenters. The molecule has 0 radical (unpaired) electrons. The van der Waals surface area contributed by atoms with Gasteiger partial charge in [-0.15, -0.1) is 0 Å². The fourth-order valence-electron chi connectivity index (χ4n) is 4.88. The SMILES string of the molecule is COc1ccccc1N(CC(=O)N(Cc1ccc(Cl)cc1Cl)[C@H](C)C(=O)NC1CCCC1)S(=O)(=O)c1ccccc1. The second kappa shape index (κ2) is 13.6. The molecule has 0 bridgehead atoms. The third-order valence-electron chi connectivity index (χ3n) is 7.19. The summed E-state index contributed by atoms with van der Waals surface area (Å²) >= 11 is 12.5. The molecule has 1 N–H and O–H groups in total. The van der Waals surface area contributed by atoms with Gasteiger partial charge in [0.2, 0.25) is 11.8 Å². The van der Waals surface area contributed by atoms with Gasteiger partial charge in [0.1, 0.15) is 18.3 Å². The molecule has 0 saturated heterocycles. The van der Waals surface area contributed by atoms with Crippen molar-refractivity contribution in [1.29, 1.82) is 0 Å². The Kier molecular flexibility index (Phi) is 10.2. The number of rotatable bonds is 11. The second-order valence-corrected chi connectivity index (χ2v) is 12.6. The Bertz CT molecular complexity index is 1480. The van der Waals surface area contributed by atoms with E-state index < -0.39 is 28.5 Å². The molecule has 218 valence electrons. The standard InChI is InChI=1S/C30H33Cl2N3O5S/c1-21(30(37)33-24-10-6-7-11-24)34(19-22-16-17-23(31)18-26(22)32)29(36)20-35(27-14-8-9-15-28(27)40-2)41(38,39)25-12-4-3-5-13-25/h3-5,8-9,12-18,21,24H,6-7,10-11,19-20H2,1-2H3,(H,33,37)/t21-/m1/s1. The van der Waals surface area contributed by atoms with Gasteiger partial charge in [0.15, 0.2) is 0 Å². The highest BCUT2D eigenvalue weighted by Gasteiger charge is 2.34. The zero-order chi connectivity index (χ0) is 29.6. The Labute approximate surface area is 251 Å². The number of benzene rings is 3. The molecule has 8 nitrogen and oxygen atoms in total. The molecule has 0 spiro atoms. The molecule has 1 fully saturated rings. The van der Waals surface area contributed by atoms with Gasteiger partial charge in [0.25, 0.3) is 10.0 Å². The molecule has 3 aromatic carbocycles. The predicted octanol–water partition coefficient (Wildman–Crippen LogP) is 5.67. The molecule has 3 aromatic rings.